The Bertz CT molecular complexity index is 426. The quantitative estimate of drug-likeness (QED) is 0.848. The average molecular weight is 324 g/mol. The Balaban J connectivity index is 1.52. The van der Waals surface area contributed by atoms with Crippen LogP contribution < -0.4 is 0 Å². The Morgan fingerprint density at radius 3 is 2.09 bits per heavy atom. The zero-order valence-corrected chi connectivity index (χ0v) is 14.9. The molecule has 1 amide bonds. The molecule has 5 heteroatoms. The average Bonchev–Trinajstić information content (AvgIpc) is 3.28. The fourth-order valence-electron chi connectivity index (χ4n) is 4.35. The lowest BCUT2D eigenvalue weighted by Gasteiger charge is -2.44. The number of ether oxygens (including phenoxy) is 1. The predicted molar refractivity (Wildman–Crippen MR) is 89.3 cm³/mol. The SMILES string of the molecule is CC(C)(C)OC(=O)N1CCC(C2(N3CCC(O)CC3)CC2)CC1. The molecule has 0 spiro atoms. The van der Waals surface area contributed by atoms with Gasteiger partial charge in [-0.05, 0) is 65.2 Å². The molecule has 132 valence electrons. The van der Waals surface area contributed by atoms with Crippen LogP contribution in [0.25, 0.3) is 0 Å². The van der Waals surface area contributed by atoms with Gasteiger partial charge in [0.05, 0.1) is 6.10 Å². The van der Waals surface area contributed by atoms with Crippen LogP contribution in [0, 0.1) is 5.92 Å². The number of hydrogen-bond donors (Lipinski definition) is 1. The molecular weight excluding hydrogens is 292 g/mol. The number of carbonyl (C=O) groups is 1. The zero-order chi connectivity index (χ0) is 16.7. The van der Waals surface area contributed by atoms with Gasteiger partial charge in [0.15, 0.2) is 0 Å². The smallest absolute Gasteiger partial charge is 0.410 e. The minimum atomic E-state index is -0.416. The summed E-state index contributed by atoms with van der Waals surface area (Å²) < 4.78 is 5.49. The van der Waals surface area contributed by atoms with Gasteiger partial charge in [0.25, 0.3) is 0 Å². The second-order valence-corrected chi connectivity index (χ2v) is 8.56. The molecule has 3 fully saturated rings. The number of nitrogens with zero attached hydrogens (tertiary/aromatic N) is 2. The maximum atomic E-state index is 12.2. The van der Waals surface area contributed by atoms with Crippen LogP contribution in [0.1, 0.15) is 59.3 Å². The van der Waals surface area contributed by atoms with E-state index in [4.69, 9.17) is 4.74 Å². The summed E-state index contributed by atoms with van der Waals surface area (Å²) in [7, 11) is 0. The summed E-state index contributed by atoms with van der Waals surface area (Å²) in [6.07, 6.45) is 6.31. The molecule has 3 rings (SSSR count). The van der Waals surface area contributed by atoms with Crippen molar-refractivity contribution in [1.82, 2.24) is 9.80 Å². The molecule has 1 aliphatic carbocycles. The molecule has 1 saturated carbocycles. The molecule has 0 atom stereocenters. The summed E-state index contributed by atoms with van der Waals surface area (Å²) in [4.78, 5) is 16.7. The molecule has 0 aromatic heterocycles. The molecule has 0 aromatic carbocycles. The predicted octanol–water partition coefficient (Wildman–Crippen LogP) is 2.62. The third-order valence-electron chi connectivity index (χ3n) is 5.76. The highest BCUT2D eigenvalue weighted by molar-refractivity contribution is 5.68. The topological polar surface area (TPSA) is 53.0 Å². The number of rotatable bonds is 2. The first-order chi connectivity index (χ1) is 10.8. The number of likely N-dealkylation sites (tertiary alicyclic amines) is 2. The highest BCUT2D eigenvalue weighted by Crippen LogP contribution is 2.52. The van der Waals surface area contributed by atoms with E-state index >= 15 is 0 Å². The maximum Gasteiger partial charge on any atom is 0.410 e. The van der Waals surface area contributed by atoms with Crippen molar-refractivity contribution < 1.29 is 14.6 Å². The van der Waals surface area contributed by atoms with Gasteiger partial charge in [-0.15, -0.1) is 0 Å². The monoisotopic (exact) mass is 324 g/mol. The van der Waals surface area contributed by atoms with Crippen LogP contribution in [0.4, 0.5) is 4.79 Å². The lowest BCUT2D eigenvalue weighted by Crippen LogP contribution is -2.51. The molecule has 5 nitrogen and oxygen atoms in total. The first-order valence-electron chi connectivity index (χ1n) is 9.21. The van der Waals surface area contributed by atoms with Crippen molar-refractivity contribution in [3.8, 4) is 0 Å². The summed E-state index contributed by atoms with van der Waals surface area (Å²) in [6.45, 7) is 9.46. The second-order valence-electron chi connectivity index (χ2n) is 8.56. The van der Waals surface area contributed by atoms with E-state index in [0.29, 0.717) is 11.5 Å². The lowest BCUT2D eigenvalue weighted by molar-refractivity contribution is -0.000251. The van der Waals surface area contributed by atoms with Crippen molar-refractivity contribution in [3.63, 3.8) is 0 Å². The number of aliphatic hydroxyl groups excluding tert-OH is 1. The zero-order valence-electron chi connectivity index (χ0n) is 14.9. The van der Waals surface area contributed by atoms with E-state index in [1.807, 2.05) is 25.7 Å². The Hall–Kier alpha value is -0.810. The molecule has 3 aliphatic rings. The Morgan fingerprint density at radius 2 is 1.61 bits per heavy atom. The van der Waals surface area contributed by atoms with Gasteiger partial charge in [0.2, 0.25) is 0 Å². The van der Waals surface area contributed by atoms with Gasteiger partial charge in [0, 0.05) is 31.7 Å². The van der Waals surface area contributed by atoms with Crippen molar-refractivity contribution in [2.75, 3.05) is 26.2 Å². The molecular formula is C18H32N2O3. The van der Waals surface area contributed by atoms with E-state index in [0.717, 1.165) is 51.9 Å². The van der Waals surface area contributed by atoms with Gasteiger partial charge in [-0.25, -0.2) is 4.79 Å². The fraction of sp³-hybridized carbons (Fsp3) is 0.944. The molecule has 2 aliphatic heterocycles. The molecule has 2 saturated heterocycles. The highest BCUT2D eigenvalue weighted by Gasteiger charge is 2.54. The number of aliphatic hydroxyl groups is 1. The van der Waals surface area contributed by atoms with Crippen LogP contribution in [0.2, 0.25) is 0 Å². The molecule has 0 aromatic rings. The van der Waals surface area contributed by atoms with Crippen LogP contribution in [-0.4, -0.2) is 64.4 Å². The first-order valence-corrected chi connectivity index (χ1v) is 9.21. The van der Waals surface area contributed by atoms with E-state index in [1.54, 1.807) is 0 Å². The Kier molecular flexibility index (Phi) is 4.62. The van der Waals surface area contributed by atoms with Gasteiger partial charge >= 0.3 is 6.09 Å². The Labute approximate surface area is 140 Å². The molecule has 0 bridgehead atoms. The normalized spacial score (nSPS) is 27.0. The standard InChI is InChI=1S/C18H32N2O3/c1-17(2,3)23-16(22)19-10-4-14(5-11-19)18(8-9-18)20-12-6-15(21)7-13-20/h14-15,21H,4-13H2,1-3H3. The molecule has 0 radical (unpaired) electrons. The lowest BCUT2D eigenvalue weighted by atomic mass is 9.85. The summed E-state index contributed by atoms with van der Waals surface area (Å²) in [5.41, 5.74) is -0.0412. The summed E-state index contributed by atoms with van der Waals surface area (Å²) in [6, 6.07) is 0. The van der Waals surface area contributed by atoms with E-state index in [1.165, 1.54) is 12.8 Å². The van der Waals surface area contributed by atoms with Crippen molar-refractivity contribution >= 4 is 6.09 Å². The second kappa shape index (κ2) is 6.25. The van der Waals surface area contributed by atoms with Gasteiger partial charge in [0.1, 0.15) is 5.60 Å². The molecule has 0 unspecified atom stereocenters. The summed E-state index contributed by atoms with van der Waals surface area (Å²) >= 11 is 0. The minimum Gasteiger partial charge on any atom is -0.444 e. The van der Waals surface area contributed by atoms with E-state index in [2.05, 4.69) is 4.90 Å². The van der Waals surface area contributed by atoms with Gasteiger partial charge in [-0.2, -0.15) is 0 Å². The van der Waals surface area contributed by atoms with Gasteiger partial charge < -0.3 is 14.7 Å². The van der Waals surface area contributed by atoms with E-state index < -0.39 is 5.60 Å². The van der Waals surface area contributed by atoms with Crippen molar-refractivity contribution in [2.24, 2.45) is 5.92 Å². The number of hydrogen-bond acceptors (Lipinski definition) is 4. The van der Waals surface area contributed by atoms with Crippen LogP contribution in [0.15, 0.2) is 0 Å². The Morgan fingerprint density at radius 1 is 1.04 bits per heavy atom. The van der Waals surface area contributed by atoms with Crippen LogP contribution in [0.5, 0.6) is 0 Å². The number of carbonyl (C=O) groups excluding carboxylic acids is 1. The third-order valence-corrected chi connectivity index (χ3v) is 5.76. The third kappa shape index (κ3) is 3.82. The highest BCUT2D eigenvalue weighted by atomic mass is 16.6. The van der Waals surface area contributed by atoms with Crippen molar-refractivity contribution in [3.05, 3.63) is 0 Å². The van der Waals surface area contributed by atoms with Crippen molar-refractivity contribution in [2.45, 2.75) is 76.5 Å². The number of amides is 1. The summed E-state index contributed by atoms with van der Waals surface area (Å²) in [5, 5.41) is 9.73. The van der Waals surface area contributed by atoms with Crippen molar-refractivity contribution in [1.29, 1.82) is 0 Å². The fourth-order valence-corrected chi connectivity index (χ4v) is 4.35. The molecule has 23 heavy (non-hydrogen) atoms. The first kappa shape index (κ1) is 17.0. The van der Waals surface area contributed by atoms with E-state index in [-0.39, 0.29) is 12.2 Å². The van der Waals surface area contributed by atoms with Crippen LogP contribution in [0.3, 0.4) is 0 Å². The molecule has 1 N–H and O–H groups in total. The maximum absolute atomic E-state index is 12.2. The molecule has 2 heterocycles. The van der Waals surface area contributed by atoms with E-state index in [9.17, 15) is 9.90 Å². The van der Waals surface area contributed by atoms with Gasteiger partial charge in [-0.1, -0.05) is 0 Å². The minimum absolute atomic E-state index is 0.101. The van der Waals surface area contributed by atoms with Crippen LogP contribution in [-0.2, 0) is 4.74 Å². The van der Waals surface area contributed by atoms with Gasteiger partial charge in [-0.3, -0.25) is 4.90 Å². The number of piperidine rings is 2. The summed E-state index contributed by atoms with van der Waals surface area (Å²) in [5.74, 6) is 0.691. The van der Waals surface area contributed by atoms with Crippen LogP contribution >= 0.6 is 0 Å². The largest absolute Gasteiger partial charge is 0.444 e.